The molecule has 0 fully saturated rings. The van der Waals surface area contributed by atoms with E-state index in [1.807, 2.05) is 0 Å². The van der Waals surface area contributed by atoms with Gasteiger partial charge in [-0.05, 0) is 19.9 Å². The van der Waals surface area contributed by atoms with Crippen molar-refractivity contribution in [3.63, 3.8) is 0 Å². The third-order valence-electron chi connectivity index (χ3n) is 3.03. The Morgan fingerprint density at radius 1 is 1.65 bits per heavy atom. The molecule has 1 atom stereocenters. The number of allylic oxidation sites excluding steroid dienone is 2. The van der Waals surface area contributed by atoms with E-state index in [0.29, 0.717) is 21.9 Å². The Labute approximate surface area is 122 Å². The SMILES string of the molecule is CCOC(=O)C1=C(C)NC(S)=C(C#N)C1c1ccoc1. The minimum Gasteiger partial charge on any atom is -0.472 e. The Balaban J connectivity index is 2.55. The monoisotopic (exact) mass is 290 g/mol. The largest absolute Gasteiger partial charge is 0.472 e. The fourth-order valence-electron chi connectivity index (χ4n) is 2.18. The summed E-state index contributed by atoms with van der Waals surface area (Å²) in [4.78, 5) is 12.2. The summed E-state index contributed by atoms with van der Waals surface area (Å²) in [5.74, 6) is -0.969. The molecular formula is C14H14N2O3S. The molecule has 1 aromatic rings. The summed E-state index contributed by atoms with van der Waals surface area (Å²) in [5.41, 5.74) is 2.11. The average molecular weight is 290 g/mol. The Morgan fingerprint density at radius 3 is 2.95 bits per heavy atom. The minimum absolute atomic E-state index is 0.271. The number of esters is 1. The lowest BCUT2D eigenvalue weighted by molar-refractivity contribution is -0.138. The predicted molar refractivity (Wildman–Crippen MR) is 75.5 cm³/mol. The van der Waals surface area contributed by atoms with Crippen LogP contribution in [0.3, 0.4) is 0 Å². The normalized spacial score (nSPS) is 18.6. The van der Waals surface area contributed by atoms with E-state index in [4.69, 9.17) is 9.15 Å². The number of carbonyl (C=O) groups is 1. The third kappa shape index (κ3) is 2.45. The summed E-state index contributed by atoms with van der Waals surface area (Å²) >= 11 is 4.28. The van der Waals surface area contributed by atoms with Crippen LogP contribution in [0.2, 0.25) is 0 Å². The second-order valence-electron chi connectivity index (χ2n) is 4.25. The van der Waals surface area contributed by atoms with Gasteiger partial charge in [-0.25, -0.2) is 4.79 Å². The van der Waals surface area contributed by atoms with Crippen molar-refractivity contribution >= 4 is 18.6 Å². The number of hydrogen-bond donors (Lipinski definition) is 2. The zero-order chi connectivity index (χ0) is 14.7. The topological polar surface area (TPSA) is 75.3 Å². The van der Waals surface area contributed by atoms with Gasteiger partial charge in [0.1, 0.15) is 0 Å². The molecule has 0 spiro atoms. The lowest BCUT2D eigenvalue weighted by atomic mass is 9.84. The molecule has 2 rings (SSSR count). The van der Waals surface area contributed by atoms with E-state index in [0.717, 1.165) is 5.56 Å². The first-order valence-corrected chi connectivity index (χ1v) is 6.55. The van der Waals surface area contributed by atoms with Crippen molar-refractivity contribution in [2.45, 2.75) is 19.8 Å². The van der Waals surface area contributed by atoms with Crippen LogP contribution in [0.5, 0.6) is 0 Å². The number of furan rings is 1. The smallest absolute Gasteiger partial charge is 0.336 e. The maximum Gasteiger partial charge on any atom is 0.336 e. The van der Waals surface area contributed by atoms with E-state index in [-0.39, 0.29) is 6.61 Å². The van der Waals surface area contributed by atoms with Crippen LogP contribution in [-0.4, -0.2) is 12.6 Å². The van der Waals surface area contributed by atoms with E-state index in [9.17, 15) is 10.1 Å². The Bertz CT molecular complexity index is 623. The van der Waals surface area contributed by atoms with Gasteiger partial charge in [-0.1, -0.05) is 0 Å². The van der Waals surface area contributed by atoms with Gasteiger partial charge in [0.05, 0.1) is 47.3 Å². The van der Waals surface area contributed by atoms with Gasteiger partial charge in [0, 0.05) is 11.3 Å². The molecule has 0 aliphatic carbocycles. The summed E-state index contributed by atoms with van der Waals surface area (Å²) < 4.78 is 10.2. The second kappa shape index (κ2) is 5.88. The van der Waals surface area contributed by atoms with Crippen molar-refractivity contribution in [3.05, 3.63) is 46.0 Å². The maximum atomic E-state index is 12.2. The standard InChI is InChI=1S/C14H14N2O3S/c1-3-19-14(17)11-8(2)16-13(20)10(6-15)12(11)9-4-5-18-7-9/h4-5,7,12,16,20H,3H2,1-2H3. The molecule has 0 saturated heterocycles. The number of carbonyl (C=O) groups excluding carboxylic acids is 1. The lowest BCUT2D eigenvalue weighted by Crippen LogP contribution is -2.27. The van der Waals surface area contributed by atoms with E-state index in [1.165, 1.54) is 12.5 Å². The highest BCUT2D eigenvalue weighted by Gasteiger charge is 2.34. The first-order chi connectivity index (χ1) is 9.60. The number of hydrogen-bond acceptors (Lipinski definition) is 6. The fraction of sp³-hybridized carbons (Fsp3) is 0.286. The highest BCUT2D eigenvalue weighted by Crippen LogP contribution is 2.39. The molecular weight excluding hydrogens is 276 g/mol. The van der Waals surface area contributed by atoms with Crippen molar-refractivity contribution in [2.75, 3.05) is 6.61 Å². The van der Waals surface area contributed by atoms with Crippen LogP contribution in [0.1, 0.15) is 25.3 Å². The van der Waals surface area contributed by atoms with Gasteiger partial charge in [-0.15, -0.1) is 12.6 Å². The molecule has 0 amide bonds. The summed E-state index contributed by atoms with van der Waals surface area (Å²) in [6.07, 6.45) is 3.02. The first-order valence-electron chi connectivity index (χ1n) is 6.10. The predicted octanol–water partition coefficient (Wildman–Crippen LogP) is 2.47. The zero-order valence-electron chi connectivity index (χ0n) is 11.1. The van der Waals surface area contributed by atoms with Gasteiger partial charge in [0.25, 0.3) is 0 Å². The van der Waals surface area contributed by atoms with Gasteiger partial charge in [0.2, 0.25) is 0 Å². The van der Waals surface area contributed by atoms with Gasteiger partial charge in [-0.2, -0.15) is 5.26 Å². The molecule has 0 aromatic carbocycles. The third-order valence-corrected chi connectivity index (χ3v) is 3.39. The molecule has 0 radical (unpaired) electrons. The summed E-state index contributed by atoms with van der Waals surface area (Å²) in [6, 6.07) is 3.82. The van der Waals surface area contributed by atoms with Gasteiger partial charge in [0.15, 0.2) is 0 Å². The van der Waals surface area contributed by atoms with Crippen LogP contribution in [0.4, 0.5) is 0 Å². The van der Waals surface area contributed by atoms with Crippen molar-refractivity contribution in [3.8, 4) is 6.07 Å². The fourth-order valence-corrected chi connectivity index (χ4v) is 2.53. The number of ether oxygens (including phenoxy) is 1. The number of nitriles is 1. The highest BCUT2D eigenvalue weighted by atomic mass is 32.1. The van der Waals surface area contributed by atoms with Gasteiger partial charge >= 0.3 is 5.97 Å². The number of nitrogens with zero attached hydrogens (tertiary/aromatic N) is 1. The Kier molecular flexibility index (Phi) is 4.20. The summed E-state index contributed by atoms with van der Waals surface area (Å²) in [5, 5.41) is 12.7. The number of thiol groups is 1. The lowest BCUT2D eigenvalue weighted by Gasteiger charge is -2.26. The number of dihydropyridines is 1. The van der Waals surface area contributed by atoms with Crippen LogP contribution in [0.15, 0.2) is 44.9 Å². The van der Waals surface area contributed by atoms with Crippen molar-refractivity contribution < 1.29 is 13.9 Å². The summed E-state index contributed by atoms with van der Waals surface area (Å²) in [7, 11) is 0. The van der Waals surface area contributed by atoms with E-state index < -0.39 is 11.9 Å². The quantitative estimate of drug-likeness (QED) is 0.660. The molecule has 0 bridgehead atoms. The van der Waals surface area contributed by atoms with Crippen molar-refractivity contribution in [1.82, 2.24) is 5.32 Å². The number of nitrogens with one attached hydrogen (secondary N) is 1. The Morgan fingerprint density at radius 2 is 2.40 bits per heavy atom. The van der Waals surface area contributed by atoms with E-state index in [1.54, 1.807) is 19.9 Å². The second-order valence-corrected chi connectivity index (χ2v) is 4.70. The van der Waals surface area contributed by atoms with Crippen LogP contribution in [0.25, 0.3) is 0 Å². The Hall–Kier alpha value is -2.13. The maximum absolute atomic E-state index is 12.2. The molecule has 104 valence electrons. The molecule has 5 nitrogen and oxygen atoms in total. The molecule has 6 heteroatoms. The highest BCUT2D eigenvalue weighted by molar-refractivity contribution is 7.84. The molecule has 20 heavy (non-hydrogen) atoms. The average Bonchev–Trinajstić information content (AvgIpc) is 2.91. The molecule has 1 N–H and O–H groups in total. The van der Waals surface area contributed by atoms with Crippen LogP contribution in [-0.2, 0) is 9.53 Å². The molecule has 1 aliphatic heterocycles. The first kappa shape index (κ1) is 14.3. The zero-order valence-corrected chi connectivity index (χ0v) is 12.0. The molecule has 1 aliphatic rings. The molecule has 0 saturated carbocycles. The van der Waals surface area contributed by atoms with Crippen LogP contribution in [0, 0.1) is 11.3 Å². The van der Waals surface area contributed by atoms with Crippen LogP contribution < -0.4 is 5.32 Å². The van der Waals surface area contributed by atoms with Crippen molar-refractivity contribution in [2.24, 2.45) is 0 Å². The minimum atomic E-state index is -0.522. The van der Waals surface area contributed by atoms with Crippen LogP contribution >= 0.6 is 12.6 Å². The molecule has 2 heterocycles. The molecule has 1 aromatic heterocycles. The van der Waals surface area contributed by atoms with Gasteiger partial charge in [-0.3, -0.25) is 0 Å². The van der Waals surface area contributed by atoms with Gasteiger partial charge < -0.3 is 14.5 Å². The summed E-state index contributed by atoms with van der Waals surface area (Å²) in [6.45, 7) is 3.76. The van der Waals surface area contributed by atoms with E-state index in [2.05, 4.69) is 24.0 Å². The van der Waals surface area contributed by atoms with Crippen molar-refractivity contribution in [1.29, 1.82) is 5.26 Å². The molecule has 1 unspecified atom stereocenters. The van der Waals surface area contributed by atoms with E-state index >= 15 is 0 Å². The number of rotatable bonds is 3.